The van der Waals surface area contributed by atoms with Gasteiger partial charge in [-0.25, -0.2) is 0 Å². The number of hydrogen-bond acceptors (Lipinski definition) is 3. The van der Waals surface area contributed by atoms with Crippen molar-refractivity contribution in [2.24, 2.45) is 0 Å². The van der Waals surface area contributed by atoms with Gasteiger partial charge in [0.15, 0.2) is 6.10 Å². The zero-order chi connectivity index (χ0) is 24.3. The van der Waals surface area contributed by atoms with E-state index in [9.17, 15) is 22.8 Å². The summed E-state index contributed by atoms with van der Waals surface area (Å²) in [5, 5.41) is 5.84. The lowest BCUT2D eigenvalue weighted by Gasteiger charge is -2.27. The van der Waals surface area contributed by atoms with Crippen molar-refractivity contribution in [3.8, 4) is 5.75 Å². The van der Waals surface area contributed by atoms with E-state index in [2.05, 4.69) is 10.6 Å². The molecule has 32 heavy (non-hydrogen) atoms. The molecule has 2 amide bonds. The quantitative estimate of drug-likeness (QED) is 0.557. The molecule has 0 aliphatic carbocycles. The molecule has 2 rings (SSSR count). The maximum Gasteiger partial charge on any atom is 0.416 e. The fourth-order valence-corrected chi connectivity index (χ4v) is 3.13. The molecule has 0 heterocycles. The maximum atomic E-state index is 12.9. The number of rotatable bonds is 6. The van der Waals surface area contributed by atoms with Crippen LogP contribution in [0.3, 0.4) is 0 Å². The van der Waals surface area contributed by atoms with Crippen LogP contribution >= 0.6 is 23.2 Å². The van der Waals surface area contributed by atoms with Gasteiger partial charge in [0, 0.05) is 10.6 Å². The number of amides is 2. The first-order valence-corrected chi connectivity index (χ1v) is 10.3. The second-order valence-corrected chi connectivity index (χ2v) is 8.98. The van der Waals surface area contributed by atoms with E-state index >= 15 is 0 Å². The molecule has 0 saturated carbocycles. The molecule has 2 aromatic carbocycles. The Morgan fingerprint density at radius 3 is 2.06 bits per heavy atom. The van der Waals surface area contributed by atoms with E-state index in [0.717, 1.165) is 24.3 Å². The van der Waals surface area contributed by atoms with Gasteiger partial charge in [-0.2, -0.15) is 13.2 Å². The lowest BCUT2D eigenvalue weighted by Crippen LogP contribution is -2.49. The Balaban J connectivity index is 2.25. The van der Waals surface area contributed by atoms with E-state index < -0.39 is 41.2 Å². The third kappa shape index (κ3) is 7.31. The first-order chi connectivity index (χ1) is 14.7. The van der Waals surface area contributed by atoms with Crippen LogP contribution < -0.4 is 15.4 Å². The third-order valence-electron chi connectivity index (χ3n) is 4.19. The summed E-state index contributed by atoms with van der Waals surface area (Å²) in [6.45, 7) is 6.67. The fraction of sp³-hybridized carbons (Fsp3) is 0.364. The Labute approximate surface area is 194 Å². The Hall–Kier alpha value is -2.45. The van der Waals surface area contributed by atoms with Crippen LogP contribution in [0.15, 0.2) is 42.5 Å². The molecule has 2 unspecified atom stereocenters. The van der Waals surface area contributed by atoms with Gasteiger partial charge in [-0.15, -0.1) is 0 Å². The number of alkyl halides is 3. The van der Waals surface area contributed by atoms with Crippen molar-refractivity contribution < 1.29 is 27.5 Å². The highest BCUT2D eigenvalue weighted by Crippen LogP contribution is 2.31. The third-order valence-corrected chi connectivity index (χ3v) is 4.72. The Kier molecular flexibility index (Phi) is 8.07. The van der Waals surface area contributed by atoms with Crippen LogP contribution in [0.5, 0.6) is 5.75 Å². The van der Waals surface area contributed by atoms with Crippen molar-refractivity contribution in [3.63, 3.8) is 0 Å². The van der Waals surface area contributed by atoms with Crippen LogP contribution in [0.1, 0.15) is 44.9 Å². The van der Waals surface area contributed by atoms with Crippen molar-refractivity contribution in [1.29, 1.82) is 0 Å². The van der Waals surface area contributed by atoms with Gasteiger partial charge in [0.2, 0.25) is 5.91 Å². The molecule has 0 aliphatic heterocycles. The normalized spacial score (nSPS) is 13.8. The fourth-order valence-electron chi connectivity index (χ4n) is 2.68. The lowest BCUT2D eigenvalue weighted by atomic mass is 10.0. The van der Waals surface area contributed by atoms with Gasteiger partial charge in [0.1, 0.15) is 11.8 Å². The average Bonchev–Trinajstić information content (AvgIpc) is 2.66. The van der Waals surface area contributed by atoms with Crippen LogP contribution in [0.2, 0.25) is 10.0 Å². The highest BCUT2D eigenvalue weighted by atomic mass is 35.5. The van der Waals surface area contributed by atoms with E-state index in [4.69, 9.17) is 27.9 Å². The summed E-state index contributed by atoms with van der Waals surface area (Å²) in [7, 11) is 0. The lowest BCUT2D eigenvalue weighted by molar-refractivity contribution is -0.137. The molecule has 0 aromatic heterocycles. The predicted molar refractivity (Wildman–Crippen MR) is 117 cm³/mol. The second kappa shape index (κ2) is 10.0. The Morgan fingerprint density at radius 2 is 1.56 bits per heavy atom. The molecule has 0 fully saturated rings. The summed E-state index contributed by atoms with van der Waals surface area (Å²) in [6.07, 6.45) is -5.58. The number of ether oxygens (including phenoxy) is 1. The molecule has 0 bridgehead atoms. The zero-order valence-corrected chi connectivity index (χ0v) is 19.3. The smallest absolute Gasteiger partial charge is 0.416 e. The molecule has 2 atom stereocenters. The Bertz CT molecular complexity index is 974. The van der Waals surface area contributed by atoms with Crippen molar-refractivity contribution >= 4 is 35.0 Å². The molecular weight excluding hydrogens is 468 g/mol. The topological polar surface area (TPSA) is 67.4 Å². The standard InChI is InChI=1S/C22H23Cl2F3N2O3/c1-12(32-17-10-9-15(23)11-16(17)24)19(30)28-18(20(31)29-21(2,3)4)13-5-7-14(8-6-13)22(25,26)27/h5-12,18H,1-4H3,(H,28,30)(H,29,31). The molecule has 2 N–H and O–H groups in total. The summed E-state index contributed by atoms with van der Waals surface area (Å²) in [5.74, 6) is -1.03. The molecular formula is C22H23Cl2F3N2O3. The number of nitrogens with one attached hydrogen (secondary N) is 2. The van der Waals surface area contributed by atoms with Gasteiger partial charge in [0.25, 0.3) is 5.91 Å². The number of carbonyl (C=O) groups excluding carboxylic acids is 2. The number of hydrogen-bond donors (Lipinski definition) is 2. The van der Waals surface area contributed by atoms with E-state index in [1.807, 2.05) is 0 Å². The van der Waals surface area contributed by atoms with Gasteiger partial charge >= 0.3 is 6.18 Å². The van der Waals surface area contributed by atoms with Crippen molar-refractivity contribution in [1.82, 2.24) is 10.6 Å². The zero-order valence-electron chi connectivity index (χ0n) is 17.8. The summed E-state index contributed by atoms with van der Waals surface area (Å²) in [4.78, 5) is 25.6. The number of carbonyl (C=O) groups is 2. The first kappa shape index (κ1) is 25.8. The minimum Gasteiger partial charge on any atom is -0.479 e. The van der Waals surface area contributed by atoms with Crippen molar-refractivity contribution in [2.75, 3.05) is 0 Å². The van der Waals surface area contributed by atoms with E-state index in [0.29, 0.717) is 5.02 Å². The molecule has 5 nitrogen and oxygen atoms in total. The molecule has 0 spiro atoms. The van der Waals surface area contributed by atoms with Gasteiger partial charge in [0.05, 0.1) is 10.6 Å². The van der Waals surface area contributed by atoms with E-state index in [-0.39, 0.29) is 16.3 Å². The molecule has 10 heteroatoms. The largest absolute Gasteiger partial charge is 0.479 e. The van der Waals surface area contributed by atoms with Gasteiger partial charge < -0.3 is 15.4 Å². The average molecular weight is 491 g/mol. The molecule has 0 aliphatic rings. The molecule has 0 radical (unpaired) electrons. The minimum atomic E-state index is -4.52. The molecule has 2 aromatic rings. The predicted octanol–water partition coefficient (Wildman–Crippen LogP) is 5.55. The summed E-state index contributed by atoms with van der Waals surface area (Å²) < 4.78 is 44.3. The van der Waals surface area contributed by atoms with Crippen LogP contribution in [0, 0.1) is 0 Å². The highest BCUT2D eigenvalue weighted by molar-refractivity contribution is 6.35. The second-order valence-electron chi connectivity index (χ2n) is 8.14. The maximum absolute atomic E-state index is 12.9. The summed E-state index contributed by atoms with van der Waals surface area (Å²) in [5.41, 5.74) is -1.31. The Morgan fingerprint density at radius 1 is 0.969 bits per heavy atom. The van der Waals surface area contributed by atoms with Gasteiger partial charge in [-0.3, -0.25) is 9.59 Å². The van der Waals surface area contributed by atoms with Gasteiger partial charge in [-0.05, 0) is 63.6 Å². The SMILES string of the molecule is CC(Oc1ccc(Cl)cc1Cl)C(=O)NC(C(=O)NC(C)(C)C)c1ccc(C(F)(F)F)cc1. The van der Waals surface area contributed by atoms with E-state index in [1.54, 1.807) is 20.8 Å². The van der Waals surface area contributed by atoms with E-state index in [1.165, 1.54) is 25.1 Å². The van der Waals surface area contributed by atoms with Crippen LogP contribution in [0.25, 0.3) is 0 Å². The van der Waals surface area contributed by atoms with Crippen molar-refractivity contribution in [2.45, 2.75) is 51.6 Å². The van der Waals surface area contributed by atoms with Crippen molar-refractivity contribution in [3.05, 3.63) is 63.6 Å². The van der Waals surface area contributed by atoms with Crippen LogP contribution in [0.4, 0.5) is 13.2 Å². The molecule has 0 saturated heterocycles. The van der Waals surface area contributed by atoms with Crippen LogP contribution in [-0.2, 0) is 15.8 Å². The number of benzene rings is 2. The number of halogens is 5. The monoisotopic (exact) mass is 490 g/mol. The first-order valence-electron chi connectivity index (χ1n) is 9.58. The van der Waals surface area contributed by atoms with Gasteiger partial charge in [-0.1, -0.05) is 35.3 Å². The summed E-state index contributed by atoms with van der Waals surface area (Å²) >= 11 is 11.9. The summed E-state index contributed by atoms with van der Waals surface area (Å²) in [6, 6.07) is 7.25. The minimum absolute atomic E-state index is 0.185. The highest BCUT2D eigenvalue weighted by Gasteiger charge is 2.32. The molecule has 174 valence electrons. The van der Waals surface area contributed by atoms with Crippen LogP contribution in [-0.4, -0.2) is 23.5 Å².